The Bertz CT molecular complexity index is 1010. The number of alkyl carbamates (subject to hydrolysis) is 1. The third-order valence-corrected chi connectivity index (χ3v) is 7.62. The molecule has 0 spiro atoms. The van der Waals surface area contributed by atoms with Crippen LogP contribution in [0.1, 0.15) is 43.2 Å². The summed E-state index contributed by atoms with van der Waals surface area (Å²) in [5, 5.41) is 12.3. The number of rotatable bonds is 8. The molecule has 0 saturated carbocycles. The Kier molecular flexibility index (Phi) is 7.77. The van der Waals surface area contributed by atoms with E-state index in [2.05, 4.69) is 29.6 Å². The van der Waals surface area contributed by atoms with E-state index in [4.69, 9.17) is 4.74 Å². The molecule has 2 amide bonds. The van der Waals surface area contributed by atoms with Gasteiger partial charge < -0.3 is 20.1 Å². The van der Waals surface area contributed by atoms with Crippen LogP contribution >= 0.6 is 11.8 Å². The molecular formula is C26H30N2O5S. The number of hydrogen-bond donors (Lipinski definition) is 2. The van der Waals surface area contributed by atoms with Gasteiger partial charge in [-0.1, -0.05) is 55.5 Å². The molecule has 2 aromatic carbocycles. The maximum Gasteiger partial charge on any atom is 0.407 e. The molecule has 8 heteroatoms. The lowest BCUT2D eigenvalue weighted by molar-refractivity contribution is -0.149. The first-order valence-corrected chi connectivity index (χ1v) is 12.9. The molecule has 2 atom stereocenters. The lowest BCUT2D eigenvalue weighted by atomic mass is 9.98. The van der Waals surface area contributed by atoms with Crippen LogP contribution in [0.4, 0.5) is 4.79 Å². The Morgan fingerprint density at radius 3 is 2.38 bits per heavy atom. The van der Waals surface area contributed by atoms with Gasteiger partial charge in [0.25, 0.3) is 0 Å². The predicted octanol–water partition coefficient (Wildman–Crippen LogP) is 4.11. The molecule has 7 nitrogen and oxygen atoms in total. The first kappa shape index (κ1) is 24.1. The minimum Gasteiger partial charge on any atom is -0.480 e. The van der Waals surface area contributed by atoms with Crippen molar-refractivity contribution >= 4 is 29.7 Å². The van der Waals surface area contributed by atoms with E-state index in [-0.39, 0.29) is 30.9 Å². The van der Waals surface area contributed by atoms with E-state index < -0.39 is 18.1 Å². The number of amides is 2. The van der Waals surface area contributed by atoms with Gasteiger partial charge in [-0.25, -0.2) is 9.59 Å². The number of aliphatic carboxylic acids is 1. The summed E-state index contributed by atoms with van der Waals surface area (Å²) >= 11 is 1.55. The number of carboxylic acid groups (broad SMARTS) is 1. The van der Waals surface area contributed by atoms with Gasteiger partial charge in [-0.15, -0.1) is 0 Å². The highest BCUT2D eigenvalue weighted by Crippen LogP contribution is 2.44. The average Bonchev–Trinajstić information content (AvgIpc) is 3.18. The van der Waals surface area contributed by atoms with Gasteiger partial charge in [0.05, 0.1) is 0 Å². The van der Waals surface area contributed by atoms with Crippen molar-refractivity contribution in [3.05, 3.63) is 59.7 Å². The summed E-state index contributed by atoms with van der Waals surface area (Å²) in [6, 6.07) is 15.4. The molecule has 1 aliphatic heterocycles. The second-order valence-electron chi connectivity index (χ2n) is 8.63. The van der Waals surface area contributed by atoms with Crippen molar-refractivity contribution in [1.82, 2.24) is 10.2 Å². The molecule has 1 fully saturated rings. The van der Waals surface area contributed by atoms with Crippen molar-refractivity contribution in [3.8, 4) is 11.1 Å². The van der Waals surface area contributed by atoms with Gasteiger partial charge in [0.1, 0.15) is 12.6 Å². The van der Waals surface area contributed by atoms with Gasteiger partial charge in [-0.2, -0.15) is 11.8 Å². The fourth-order valence-electron chi connectivity index (χ4n) is 4.73. The molecule has 0 radical (unpaired) electrons. The van der Waals surface area contributed by atoms with Gasteiger partial charge in [0.15, 0.2) is 0 Å². The fraction of sp³-hybridized carbons (Fsp3) is 0.423. The molecule has 2 aromatic rings. The fourth-order valence-corrected chi connectivity index (χ4v) is 5.77. The van der Waals surface area contributed by atoms with Gasteiger partial charge >= 0.3 is 12.1 Å². The zero-order chi connectivity index (χ0) is 24.1. The monoisotopic (exact) mass is 482 g/mol. The molecule has 180 valence electrons. The number of carbonyl (C=O) groups is 3. The summed E-state index contributed by atoms with van der Waals surface area (Å²) in [6.07, 6.45) is 0.779. The van der Waals surface area contributed by atoms with Crippen molar-refractivity contribution in [2.75, 3.05) is 24.7 Å². The van der Waals surface area contributed by atoms with E-state index in [1.165, 1.54) is 16.0 Å². The summed E-state index contributed by atoms with van der Waals surface area (Å²) in [6.45, 7) is 2.62. The standard InChI is InChI=1S/C26H30N2O5S/c1-2-17(11-12-24(29)28-13-14-34-16-23(28)25(30)31)27-26(32)33-15-22-20-9-5-3-7-18(20)19-8-4-6-10-21(19)22/h3-10,17,22-23H,2,11-16H2,1H3,(H,27,32)(H,30,31). The van der Waals surface area contributed by atoms with Crippen LogP contribution in [0.5, 0.6) is 0 Å². The van der Waals surface area contributed by atoms with Crippen LogP contribution in [-0.4, -0.2) is 64.7 Å². The van der Waals surface area contributed by atoms with Crippen LogP contribution in [0.2, 0.25) is 0 Å². The minimum atomic E-state index is -0.968. The number of hydrogen-bond acceptors (Lipinski definition) is 5. The molecule has 0 aromatic heterocycles. The molecule has 2 N–H and O–H groups in total. The summed E-state index contributed by atoms with van der Waals surface area (Å²) in [5.74, 6) is -0.00403. The highest BCUT2D eigenvalue weighted by atomic mass is 32.2. The summed E-state index contributed by atoms with van der Waals surface area (Å²) in [4.78, 5) is 38.2. The van der Waals surface area contributed by atoms with Crippen molar-refractivity contribution in [2.45, 2.75) is 44.2 Å². The van der Waals surface area contributed by atoms with E-state index in [1.807, 2.05) is 31.2 Å². The van der Waals surface area contributed by atoms with Crippen LogP contribution < -0.4 is 5.32 Å². The van der Waals surface area contributed by atoms with E-state index in [1.54, 1.807) is 11.8 Å². The molecule has 0 bridgehead atoms. The molecule has 34 heavy (non-hydrogen) atoms. The molecule has 2 unspecified atom stereocenters. The number of nitrogens with one attached hydrogen (secondary N) is 1. The highest BCUT2D eigenvalue weighted by molar-refractivity contribution is 7.99. The molecule has 2 aliphatic rings. The lowest BCUT2D eigenvalue weighted by Gasteiger charge is -2.33. The van der Waals surface area contributed by atoms with Crippen LogP contribution in [0.25, 0.3) is 11.1 Å². The average molecular weight is 483 g/mol. The van der Waals surface area contributed by atoms with Crippen LogP contribution in [0, 0.1) is 0 Å². The Labute approximate surface area is 203 Å². The van der Waals surface area contributed by atoms with Gasteiger partial charge in [0, 0.05) is 36.4 Å². The Morgan fingerprint density at radius 2 is 1.76 bits per heavy atom. The Hall–Kier alpha value is -3.00. The minimum absolute atomic E-state index is 0.00951. The normalized spacial score (nSPS) is 18.0. The largest absolute Gasteiger partial charge is 0.480 e. The third kappa shape index (κ3) is 5.22. The van der Waals surface area contributed by atoms with Crippen molar-refractivity contribution in [2.24, 2.45) is 0 Å². The topological polar surface area (TPSA) is 95.9 Å². The molecular weight excluding hydrogens is 452 g/mol. The van der Waals surface area contributed by atoms with Crippen LogP contribution in [0.3, 0.4) is 0 Å². The zero-order valence-electron chi connectivity index (χ0n) is 19.2. The van der Waals surface area contributed by atoms with E-state index >= 15 is 0 Å². The lowest BCUT2D eigenvalue weighted by Crippen LogP contribution is -2.50. The van der Waals surface area contributed by atoms with Gasteiger partial charge in [0.2, 0.25) is 5.91 Å². The summed E-state index contributed by atoms with van der Waals surface area (Å²) in [7, 11) is 0. The Balaban J connectivity index is 1.30. The molecule has 4 rings (SSSR count). The van der Waals surface area contributed by atoms with Crippen LogP contribution in [0.15, 0.2) is 48.5 Å². The molecule has 1 heterocycles. The quantitative estimate of drug-likeness (QED) is 0.588. The number of thioether (sulfide) groups is 1. The maximum atomic E-state index is 12.7. The van der Waals surface area contributed by atoms with E-state index in [0.717, 1.165) is 16.9 Å². The number of carboxylic acids is 1. The summed E-state index contributed by atoms with van der Waals surface area (Å²) in [5.41, 5.74) is 4.66. The second-order valence-corrected chi connectivity index (χ2v) is 9.78. The number of fused-ring (bicyclic) bond motifs is 3. The van der Waals surface area contributed by atoms with E-state index in [0.29, 0.717) is 25.1 Å². The van der Waals surface area contributed by atoms with Crippen molar-refractivity contribution < 1.29 is 24.2 Å². The number of nitrogens with zero attached hydrogens (tertiary/aromatic N) is 1. The van der Waals surface area contributed by atoms with Crippen molar-refractivity contribution in [3.63, 3.8) is 0 Å². The molecule has 1 saturated heterocycles. The summed E-state index contributed by atoms with van der Waals surface area (Å²) < 4.78 is 5.62. The highest BCUT2D eigenvalue weighted by Gasteiger charge is 2.32. The smallest absolute Gasteiger partial charge is 0.407 e. The second kappa shape index (κ2) is 11.0. The van der Waals surface area contributed by atoms with Crippen molar-refractivity contribution in [1.29, 1.82) is 0 Å². The molecule has 1 aliphatic carbocycles. The first-order chi connectivity index (χ1) is 16.5. The maximum absolute atomic E-state index is 12.7. The Morgan fingerprint density at radius 1 is 1.12 bits per heavy atom. The van der Waals surface area contributed by atoms with Gasteiger partial charge in [-0.05, 0) is 35.1 Å². The number of carbonyl (C=O) groups excluding carboxylic acids is 2. The number of benzene rings is 2. The van der Waals surface area contributed by atoms with E-state index in [9.17, 15) is 19.5 Å². The SMILES string of the molecule is CCC(CCC(=O)N1CCSCC1C(=O)O)NC(=O)OCC1c2ccccc2-c2ccccc21. The third-order valence-electron chi connectivity index (χ3n) is 6.60. The predicted molar refractivity (Wildman–Crippen MR) is 132 cm³/mol. The first-order valence-electron chi connectivity index (χ1n) is 11.7. The number of ether oxygens (including phenoxy) is 1. The van der Waals surface area contributed by atoms with Gasteiger partial charge in [-0.3, -0.25) is 4.79 Å². The van der Waals surface area contributed by atoms with Crippen LogP contribution in [-0.2, 0) is 14.3 Å². The zero-order valence-corrected chi connectivity index (χ0v) is 20.1.